The fourth-order valence-corrected chi connectivity index (χ4v) is 2.48. The molecule has 1 aromatic carbocycles. The van der Waals surface area contributed by atoms with Crippen LogP contribution in [-0.2, 0) is 11.2 Å². The zero-order valence-electron chi connectivity index (χ0n) is 10.8. The third-order valence-electron chi connectivity index (χ3n) is 2.89. The van der Waals surface area contributed by atoms with Gasteiger partial charge in [0.25, 0.3) is 0 Å². The maximum absolute atomic E-state index is 10.9. The second-order valence-electron chi connectivity index (χ2n) is 4.27. The Hall–Kier alpha value is -1.95. The van der Waals surface area contributed by atoms with Crippen molar-refractivity contribution in [2.45, 2.75) is 19.4 Å². The van der Waals surface area contributed by atoms with Gasteiger partial charge >= 0.3 is 5.97 Å². The van der Waals surface area contributed by atoms with Crippen molar-refractivity contribution < 1.29 is 9.90 Å². The highest BCUT2D eigenvalue weighted by atomic mass is 32.1. The molecule has 19 heavy (non-hydrogen) atoms. The van der Waals surface area contributed by atoms with E-state index in [1.165, 1.54) is 16.9 Å². The molecule has 0 aliphatic rings. The first-order valence-corrected chi connectivity index (χ1v) is 6.71. The Morgan fingerprint density at radius 2 is 2.05 bits per heavy atom. The normalized spacial score (nSPS) is 12.1. The lowest BCUT2D eigenvalue weighted by Gasteiger charge is -2.19. The second-order valence-corrected chi connectivity index (χ2v) is 5.31. The molecule has 100 valence electrons. The Labute approximate surface area is 115 Å². The van der Waals surface area contributed by atoms with E-state index in [1.807, 2.05) is 30.3 Å². The molecule has 0 aliphatic heterocycles. The fraction of sp³-hybridized carbons (Fsp3) is 0.308. The number of hydrogen-bond acceptors (Lipinski definition) is 5. The van der Waals surface area contributed by atoms with Gasteiger partial charge in [0, 0.05) is 13.5 Å². The molecule has 0 fully saturated rings. The number of carboxylic acid groups (broad SMARTS) is 1. The number of nitrogens with zero attached hydrogens (tertiary/aromatic N) is 3. The molecule has 1 heterocycles. The summed E-state index contributed by atoms with van der Waals surface area (Å²) in [6.07, 6.45) is 0.716. The van der Waals surface area contributed by atoms with Gasteiger partial charge in [-0.1, -0.05) is 41.7 Å². The van der Waals surface area contributed by atoms with E-state index in [9.17, 15) is 4.79 Å². The molecule has 5 nitrogen and oxygen atoms in total. The largest absolute Gasteiger partial charge is 0.480 e. The van der Waals surface area contributed by atoms with Gasteiger partial charge in [-0.3, -0.25) is 0 Å². The summed E-state index contributed by atoms with van der Waals surface area (Å²) >= 11 is 1.42. The van der Waals surface area contributed by atoms with Crippen LogP contribution in [0.4, 0.5) is 5.13 Å². The van der Waals surface area contributed by atoms with Crippen molar-refractivity contribution in [3.8, 4) is 0 Å². The average Bonchev–Trinajstić information content (AvgIpc) is 2.86. The van der Waals surface area contributed by atoms with Crippen LogP contribution in [0.25, 0.3) is 0 Å². The van der Waals surface area contributed by atoms with E-state index in [-0.39, 0.29) is 0 Å². The van der Waals surface area contributed by atoms with Gasteiger partial charge in [-0.25, -0.2) is 4.79 Å². The van der Waals surface area contributed by atoms with Gasteiger partial charge in [-0.2, -0.15) is 0 Å². The lowest BCUT2D eigenvalue weighted by Crippen LogP contribution is -2.35. The topological polar surface area (TPSA) is 66.3 Å². The van der Waals surface area contributed by atoms with Gasteiger partial charge in [-0.15, -0.1) is 10.2 Å². The number of benzene rings is 1. The van der Waals surface area contributed by atoms with Crippen LogP contribution < -0.4 is 4.90 Å². The molecule has 2 rings (SSSR count). The molecule has 0 saturated heterocycles. The summed E-state index contributed by atoms with van der Waals surface area (Å²) in [5.74, 6) is -0.873. The predicted octanol–water partition coefficient (Wildman–Crippen LogP) is 2.04. The predicted molar refractivity (Wildman–Crippen MR) is 74.7 cm³/mol. The summed E-state index contributed by atoms with van der Waals surface area (Å²) in [6, 6.07) is 9.39. The van der Waals surface area contributed by atoms with E-state index in [0.717, 1.165) is 5.01 Å². The van der Waals surface area contributed by atoms with Crippen molar-refractivity contribution in [3.63, 3.8) is 0 Å². The van der Waals surface area contributed by atoms with Crippen LogP contribution in [-0.4, -0.2) is 34.4 Å². The maximum Gasteiger partial charge on any atom is 0.326 e. The van der Waals surface area contributed by atoms with Gasteiger partial charge in [0.05, 0.1) is 0 Å². The summed E-state index contributed by atoms with van der Waals surface area (Å²) in [4.78, 5) is 12.5. The Morgan fingerprint density at radius 1 is 1.37 bits per heavy atom. The van der Waals surface area contributed by atoms with Crippen LogP contribution in [0.5, 0.6) is 0 Å². The molecule has 0 saturated carbocycles. The molecular formula is C13H15N3O2S. The number of rotatable bonds is 5. The molecule has 0 aliphatic carbocycles. The smallest absolute Gasteiger partial charge is 0.326 e. The first-order valence-electron chi connectivity index (χ1n) is 5.90. The number of likely N-dealkylation sites (N-methyl/N-ethyl adjacent to an activating group) is 1. The molecule has 0 radical (unpaired) electrons. The number of aliphatic carboxylic acids is 1. The number of carbonyl (C=O) groups is 1. The van der Waals surface area contributed by atoms with E-state index in [0.29, 0.717) is 11.6 Å². The molecule has 1 N–H and O–H groups in total. The Balaban J connectivity index is 2.09. The fourth-order valence-electron chi connectivity index (χ4n) is 1.56. The lowest BCUT2D eigenvalue weighted by atomic mass is 10.2. The summed E-state index contributed by atoms with van der Waals surface area (Å²) in [5.41, 5.74) is 1.17. The van der Waals surface area contributed by atoms with Gasteiger partial charge in [-0.05, 0) is 12.5 Å². The van der Waals surface area contributed by atoms with Crippen LogP contribution in [0.15, 0.2) is 30.3 Å². The van der Waals surface area contributed by atoms with E-state index in [1.54, 1.807) is 18.9 Å². The molecule has 0 bridgehead atoms. The molecular weight excluding hydrogens is 262 g/mol. The Bertz CT molecular complexity index is 556. The summed E-state index contributed by atoms with van der Waals surface area (Å²) in [7, 11) is 1.71. The van der Waals surface area contributed by atoms with Crippen molar-refractivity contribution in [1.82, 2.24) is 10.2 Å². The SMILES string of the molecule is CC(C(=O)O)N(C)c1nnc(Cc2ccccc2)s1. The zero-order chi connectivity index (χ0) is 13.8. The van der Waals surface area contributed by atoms with Gasteiger partial charge in [0.2, 0.25) is 5.13 Å². The van der Waals surface area contributed by atoms with E-state index in [2.05, 4.69) is 10.2 Å². The first kappa shape index (κ1) is 13.5. The summed E-state index contributed by atoms with van der Waals surface area (Å²) in [5, 5.41) is 18.6. The van der Waals surface area contributed by atoms with Crippen molar-refractivity contribution in [1.29, 1.82) is 0 Å². The van der Waals surface area contributed by atoms with Gasteiger partial charge in [0.15, 0.2) is 0 Å². The van der Waals surface area contributed by atoms with E-state index < -0.39 is 12.0 Å². The highest BCUT2D eigenvalue weighted by molar-refractivity contribution is 7.15. The molecule has 1 unspecified atom stereocenters. The average molecular weight is 277 g/mol. The van der Waals surface area contributed by atoms with Crippen molar-refractivity contribution in [2.75, 3.05) is 11.9 Å². The standard InChI is InChI=1S/C13H15N3O2S/c1-9(12(17)18)16(2)13-15-14-11(19-13)8-10-6-4-3-5-7-10/h3-7,9H,8H2,1-2H3,(H,17,18). The van der Waals surface area contributed by atoms with E-state index in [4.69, 9.17) is 5.11 Å². The second kappa shape index (κ2) is 5.79. The van der Waals surface area contributed by atoms with Crippen LogP contribution in [0, 0.1) is 0 Å². The van der Waals surface area contributed by atoms with Gasteiger partial charge < -0.3 is 10.0 Å². The lowest BCUT2D eigenvalue weighted by molar-refractivity contribution is -0.138. The minimum atomic E-state index is -0.873. The van der Waals surface area contributed by atoms with Crippen LogP contribution in [0.3, 0.4) is 0 Å². The van der Waals surface area contributed by atoms with Crippen molar-refractivity contribution in [3.05, 3.63) is 40.9 Å². The maximum atomic E-state index is 10.9. The van der Waals surface area contributed by atoms with Crippen LogP contribution >= 0.6 is 11.3 Å². The highest BCUT2D eigenvalue weighted by Crippen LogP contribution is 2.22. The molecule has 1 aromatic heterocycles. The number of anilines is 1. The monoisotopic (exact) mass is 277 g/mol. The van der Waals surface area contributed by atoms with Gasteiger partial charge in [0.1, 0.15) is 11.0 Å². The Morgan fingerprint density at radius 3 is 2.68 bits per heavy atom. The summed E-state index contributed by atoms with van der Waals surface area (Å²) < 4.78 is 0. The van der Waals surface area contributed by atoms with E-state index >= 15 is 0 Å². The molecule has 0 amide bonds. The molecule has 1 atom stereocenters. The quantitative estimate of drug-likeness (QED) is 0.906. The highest BCUT2D eigenvalue weighted by Gasteiger charge is 2.20. The number of carboxylic acids is 1. The van der Waals surface area contributed by atoms with Crippen molar-refractivity contribution >= 4 is 22.4 Å². The Kier molecular flexibility index (Phi) is 4.11. The third kappa shape index (κ3) is 3.29. The van der Waals surface area contributed by atoms with Crippen LogP contribution in [0.2, 0.25) is 0 Å². The minimum Gasteiger partial charge on any atom is -0.480 e. The minimum absolute atomic E-state index is 0.613. The number of hydrogen-bond donors (Lipinski definition) is 1. The molecule has 2 aromatic rings. The zero-order valence-corrected chi connectivity index (χ0v) is 11.6. The molecule has 6 heteroatoms. The number of aromatic nitrogens is 2. The van der Waals surface area contributed by atoms with Crippen molar-refractivity contribution in [2.24, 2.45) is 0 Å². The third-order valence-corrected chi connectivity index (χ3v) is 3.91. The van der Waals surface area contributed by atoms with Crippen LogP contribution in [0.1, 0.15) is 17.5 Å². The summed E-state index contributed by atoms with van der Waals surface area (Å²) in [6.45, 7) is 1.63. The first-order chi connectivity index (χ1) is 9.08. The molecule has 0 spiro atoms.